The van der Waals surface area contributed by atoms with Crippen LogP contribution in [0.25, 0.3) is 16.1 Å². The second-order valence-electron chi connectivity index (χ2n) is 6.90. The number of benzene rings is 2. The van der Waals surface area contributed by atoms with Crippen LogP contribution >= 0.6 is 0 Å². The number of hydrogen-bond acceptors (Lipinski definition) is 3. The third-order valence-electron chi connectivity index (χ3n) is 4.95. The molecule has 8 nitrogen and oxygen atoms in total. The van der Waals surface area contributed by atoms with Crippen molar-refractivity contribution >= 4 is 23.3 Å². The van der Waals surface area contributed by atoms with E-state index in [0.717, 1.165) is 12.1 Å². The maximum Gasteiger partial charge on any atom is 0.322 e. The van der Waals surface area contributed by atoms with Crippen LogP contribution < -0.4 is 11.1 Å². The Morgan fingerprint density at radius 1 is 1.10 bits per heavy atom. The van der Waals surface area contributed by atoms with Gasteiger partial charge in [-0.1, -0.05) is 12.1 Å². The van der Waals surface area contributed by atoms with Crippen LogP contribution in [0, 0.1) is 18.2 Å². The fourth-order valence-corrected chi connectivity index (χ4v) is 3.42. The summed E-state index contributed by atoms with van der Waals surface area (Å²) < 4.78 is 28.6. The smallest absolute Gasteiger partial charge is 0.322 e. The highest BCUT2D eigenvalue weighted by Crippen LogP contribution is 2.29. The Morgan fingerprint density at radius 2 is 1.84 bits per heavy atom. The number of urea groups is 1. The number of anilines is 1. The first-order valence-corrected chi connectivity index (χ1v) is 9.25. The molecule has 2 heterocycles. The summed E-state index contributed by atoms with van der Waals surface area (Å²) in [6, 6.07) is 9.25. The highest BCUT2D eigenvalue weighted by Gasteiger charge is 2.30. The monoisotopic (exact) mass is 422 g/mol. The van der Waals surface area contributed by atoms with Gasteiger partial charge in [0.15, 0.2) is 17.3 Å². The molecule has 0 saturated carbocycles. The number of hydrogen-bond donors (Lipinski definition) is 2. The van der Waals surface area contributed by atoms with Gasteiger partial charge in [0.05, 0.1) is 30.9 Å². The quantitative estimate of drug-likeness (QED) is 0.632. The number of nitrogens with zero attached hydrogens (tertiary/aromatic N) is 4. The maximum atomic E-state index is 13.7. The lowest BCUT2D eigenvalue weighted by Crippen LogP contribution is -2.41. The van der Waals surface area contributed by atoms with Crippen molar-refractivity contribution in [2.45, 2.75) is 13.1 Å². The molecule has 0 atom stereocenters. The zero-order chi connectivity index (χ0) is 22.1. The summed E-state index contributed by atoms with van der Waals surface area (Å²) in [6.07, 6.45) is 0. The highest BCUT2D eigenvalue weighted by atomic mass is 19.2. The standard InChI is InChI=1S/C21H16F2N6O2/c1-25-13-3-5-14(6-4-13)26-21(31)28-8-9-29-17(11-28)18(20(24)30)19(27-29)12-2-7-15(22)16(23)10-12/h2-7,10H,8-9,11H2,(H2,24,30)(H,26,31). The molecular weight excluding hydrogens is 406 g/mol. The Balaban J connectivity index is 1.61. The van der Waals surface area contributed by atoms with E-state index in [1.54, 1.807) is 28.9 Å². The number of carbonyl (C=O) groups is 2. The first-order valence-electron chi connectivity index (χ1n) is 9.25. The molecule has 0 radical (unpaired) electrons. The minimum absolute atomic E-state index is 0.0565. The highest BCUT2D eigenvalue weighted by molar-refractivity contribution is 6.00. The van der Waals surface area contributed by atoms with E-state index in [1.807, 2.05) is 0 Å². The van der Waals surface area contributed by atoms with Crippen LogP contribution in [-0.4, -0.2) is 33.2 Å². The predicted molar refractivity (Wildman–Crippen MR) is 108 cm³/mol. The lowest BCUT2D eigenvalue weighted by atomic mass is 10.0. The molecule has 3 aromatic rings. The fraction of sp³-hybridized carbons (Fsp3) is 0.143. The van der Waals surface area contributed by atoms with Crippen molar-refractivity contribution in [1.82, 2.24) is 14.7 Å². The van der Waals surface area contributed by atoms with Gasteiger partial charge in [-0.15, -0.1) is 0 Å². The summed E-state index contributed by atoms with van der Waals surface area (Å²) in [5, 5.41) is 7.09. The molecule has 2 aromatic carbocycles. The number of fused-ring (bicyclic) bond motifs is 1. The molecule has 1 aliphatic heterocycles. The first kappa shape index (κ1) is 20.0. The average Bonchev–Trinajstić information content (AvgIpc) is 3.15. The number of nitrogens with one attached hydrogen (secondary N) is 1. The number of amides is 3. The van der Waals surface area contributed by atoms with Gasteiger partial charge in [-0.05, 0) is 30.3 Å². The number of halogens is 2. The van der Waals surface area contributed by atoms with Gasteiger partial charge in [-0.2, -0.15) is 5.10 Å². The number of nitrogens with two attached hydrogens (primary N) is 1. The second-order valence-corrected chi connectivity index (χ2v) is 6.90. The lowest BCUT2D eigenvalue weighted by Gasteiger charge is -2.28. The average molecular weight is 422 g/mol. The molecule has 1 aliphatic rings. The topological polar surface area (TPSA) is 97.6 Å². The normalized spacial score (nSPS) is 12.7. The Labute approximate surface area is 175 Å². The van der Waals surface area contributed by atoms with Crippen molar-refractivity contribution in [1.29, 1.82) is 0 Å². The van der Waals surface area contributed by atoms with Crippen molar-refractivity contribution in [3.8, 4) is 11.3 Å². The summed E-state index contributed by atoms with van der Waals surface area (Å²) in [4.78, 5) is 29.6. The summed E-state index contributed by atoms with van der Waals surface area (Å²) >= 11 is 0. The number of primary amides is 1. The van der Waals surface area contributed by atoms with Gasteiger partial charge in [0.25, 0.3) is 5.91 Å². The van der Waals surface area contributed by atoms with E-state index in [-0.39, 0.29) is 23.4 Å². The van der Waals surface area contributed by atoms with Crippen molar-refractivity contribution < 1.29 is 18.4 Å². The van der Waals surface area contributed by atoms with Crippen molar-refractivity contribution in [2.24, 2.45) is 5.73 Å². The van der Waals surface area contributed by atoms with E-state index < -0.39 is 23.6 Å². The summed E-state index contributed by atoms with van der Waals surface area (Å²) in [6.45, 7) is 7.64. The predicted octanol–water partition coefficient (Wildman–Crippen LogP) is 3.53. The van der Waals surface area contributed by atoms with Crippen LogP contribution in [0.3, 0.4) is 0 Å². The molecule has 31 heavy (non-hydrogen) atoms. The Morgan fingerprint density at radius 3 is 2.48 bits per heavy atom. The Kier molecular flexibility index (Phi) is 5.09. The molecule has 3 N–H and O–H groups in total. The Bertz CT molecular complexity index is 1230. The molecule has 0 fully saturated rings. The molecule has 10 heteroatoms. The van der Waals surface area contributed by atoms with Crippen molar-refractivity contribution in [2.75, 3.05) is 11.9 Å². The van der Waals surface area contributed by atoms with Gasteiger partial charge in [0, 0.05) is 17.8 Å². The van der Waals surface area contributed by atoms with Gasteiger partial charge >= 0.3 is 6.03 Å². The summed E-state index contributed by atoms with van der Waals surface area (Å²) in [5.41, 5.74) is 7.36. The molecule has 0 bridgehead atoms. The fourth-order valence-electron chi connectivity index (χ4n) is 3.42. The van der Waals surface area contributed by atoms with Crippen LogP contribution in [0.2, 0.25) is 0 Å². The van der Waals surface area contributed by atoms with E-state index in [1.165, 1.54) is 11.0 Å². The minimum atomic E-state index is -1.07. The van der Waals surface area contributed by atoms with E-state index in [4.69, 9.17) is 12.3 Å². The molecule has 3 amide bonds. The van der Waals surface area contributed by atoms with Crippen LogP contribution in [0.15, 0.2) is 42.5 Å². The molecule has 0 unspecified atom stereocenters. The summed E-state index contributed by atoms with van der Waals surface area (Å²) in [7, 11) is 0. The zero-order valence-corrected chi connectivity index (χ0v) is 16.1. The van der Waals surface area contributed by atoms with E-state index >= 15 is 0 Å². The van der Waals surface area contributed by atoms with Gasteiger partial charge < -0.3 is 16.0 Å². The SMILES string of the molecule is [C-]#[N+]c1ccc(NC(=O)N2CCn3nc(-c4ccc(F)c(F)c4)c(C(N)=O)c3C2)cc1. The van der Waals surface area contributed by atoms with Gasteiger partial charge in [0.1, 0.15) is 5.69 Å². The third-order valence-corrected chi connectivity index (χ3v) is 4.95. The minimum Gasteiger partial charge on any atom is -0.365 e. The van der Waals surface area contributed by atoms with Gasteiger partial charge in [-0.25, -0.2) is 18.4 Å². The molecule has 0 aliphatic carbocycles. The van der Waals surface area contributed by atoms with E-state index in [2.05, 4.69) is 15.3 Å². The molecule has 156 valence electrons. The van der Waals surface area contributed by atoms with E-state index in [9.17, 15) is 18.4 Å². The van der Waals surface area contributed by atoms with Crippen molar-refractivity contribution in [3.63, 3.8) is 0 Å². The largest absolute Gasteiger partial charge is 0.365 e. The number of rotatable bonds is 3. The molecule has 0 saturated heterocycles. The third kappa shape index (κ3) is 3.81. The lowest BCUT2D eigenvalue weighted by molar-refractivity contribution is 0.0997. The van der Waals surface area contributed by atoms with Crippen LogP contribution in [-0.2, 0) is 13.1 Å². The second kappa shape index (κ2) is 7.87. The Hall–Kier alpha value is -4.26. The van der Waals surface area contributed by atoms with Crippen LogP contribution in [0.1, 0.15) is 16.1 Å². The molecule has 4 rings (SSSR count). The maximum absolute atomic E-state index is 13.7. The summed E-state index contributed by atoms with van der Waals surface area (Å²) in [5.74, 6) is -2.86. The molecular formula is C21H16F2N6O2. The number of aromatic nitrogens is 2. The van der Waals surface area contributed by atoms with Gasteiger partial charge in [0.2, 0.25) is 0 Å². The molecule has 0 spiro atoms. The van der Waals surface area contributed by atoms with Gasteiger partial charge in [-0.3, -0.25) is 9.48 Å². The first-order chi connectivity index (χ1) is 14.9. The van der Waals surface area contributed by atoms with Crippen LogP contribution in [0.5, 0.6) is 0 Å². The van der Waals surface area contributed by atoms with Crippen LogP contribution in [0.4, 0.5) is 25.0 Å². The molecule has 1 aromatic heterocycles. The number of carbonyl (C=O) groups excluding carboxylic acids is 2. The zero-order valence-electron chi connectivity index (χ0n) is 16.1. The van der Waals surface area contributed by atoms with E-state index in [0.29, 0.717) is 30.2 Å². The van der Waals surface area contributed by atoms with Crippen molar-refractivity contribution in [3.05, 3.63) is 76.8 Å².